The molecule has 1 fully saturated rings. The van der Waals surface area contributed by atoms with Crippen LogP contribution < -0.4 is 10.1 Å². The number of hydrogen-bond acceptors (Lipinski definition) is 3. The van der Waals surface area contributed by atoms with Crippen LogP contribution in [-0.2, 0) is 6.42 Å². The van der Waals surface area contributed by atoms with Crippen LogP contribution in [-0.4, -0.2) is 48.2 Å². The lowest BCUT2D eigenvalue weighted by atomic mass is 10.0. The topological polar surface area (TPSA) is 46.5 Å². The van der Waals surface area contributed by atoms with Crippen LogP contribution in [0.1, 0.15) is 21.6 Å². The second-order valence-corrected chi connectivity index (χ2v) is 8.97. The molecule has 0 saturated carbocycles. The average molecular weight is 502 g/mol. The summed E-state index contributed by atoms with van der Waals surface area (Å²) in [5.41, 5.74) is 5.78. The molecule has 0 bridgehead atoms. The number of rotatable bonds is 6. The third-order valence-corrected chi connectivity index (χ3v) is 6.71. The zero-order valence-electron chi connectivity index (χ0n) is 20.7. The van der Waals surface area contributed by atoms with E-state index in [1.54, 1.807) is 7.11 Å². The largest absolute Gasteiger partial charge is 0.495 e. The molecule has 1 amide bonds. The van der Waals surface area contributed by atoms with E-state index in [1.807, 2.05) is 54.6 Å². The van der Waals surface area contributed by atoms with Crippen molar-refractivity contribution in [2.24, 2.45) is 0 Å². The Kier molecular flexibility index (Phi) is 8.14. The quantitative estimate of drug-likeness (QED) is 0.377. The molecule has 0 unspecified atom stereocenters. The maximum atomic E-state index is 14.2. The molecule has 1 atom stereocenters. The molecule has 186 valence electrons. The molecule has 0 radical (unpaired) electrons. The van der Waals surface area contributed by atoms with Crippen molar-refractivity contribution < 1.29 is 9.53 Å². The molecule has 3 aromatic carbocycles. The van der Waals surface area contributed by atoms with Gasteiger partial charge in [0.1, 0.15) is 5.75 Å². The van der Waals surface area contributed by atoms with E-state index in [4.69, 9.17) is 4.74 Å². The van der Waals surface area contributed by atoms with Crippen molar-refractivity contribution in [3.05, 3.63) is 108 Å². The first-order valence-electron chi connectivity index (χ1n) is 12.1. The first-order chi connectivity index (χ1) is 17.2. The van der Waals surface area contributed by atoms with Crippen molar-refractivity contribution in [1.82, 2.24) is 14.8 Å². The molecular weight excluding hydrogens is 470 g/mol. The van der Waals surface area contributed by atoms with Gasteiger partial charge in [-0.2, -0.15) is 0 Å². The Morgan fingerprint density at radius 2 is 1.64 bits per heavy atom. The summed E-state index contributed by atoms with van der Waals surface area (Å²) in [6, 6.07) is 30.7. The fourth-order valence-corrected chi connectivity index (χ4v) is 5.06. The number of aromatic nitrogens is 1. The molecule has 4 aromatic rings. The molecule has 1 N–H and O–H groups in total. The maximum absolute atomic E-state index is 14.2. The minimum atomic E-state index is 0. The highest BCUT2D eigenvalue weighted by Crippen LogP contribution is 2.35. The molecule has 0 aliphatic carbocycles. The van der Waals surface area contributed by atoms with Crippen LogP contribution in [0.3, 0.4) is 0 Å². The van der Waals surface area contributed by atoms with E-state index < -0.39 is 0 Å². The van der Waals surface area contributed by atoms with Gasteiger partial charge in [-0.15, -0.1) is 12.4 Å². The predicted octanol–water partition coefficient (Wildman–Crippen LogP) is 5.54. The molecule has 5 nitrogen and oxygen atoms in total. The molecule has 6 heteroatoms. The molecule has 5 rings (SSSR count). The number of nitrogens with zero attached hydrogens (tertiary/aromatic N) is 2. The van der Waals surface area contributed by atoms with Crippen LogP contribution in [0.2, 0.25) is 0 Å². The summed E-state index contributed by atoms with van der Waals surface area (Å²) in [5.74, 6) is 0.842. The van der Waals surface area contributed by atoms with E-state index in [2.05, 4.69) is 58.1 Å². The van der Waals surface area contributed by atoms with Crippen molar-refractivity contribution in [1.29, 1.82) is 0 Å². The Labute approximate surface area is 219 Å². The van der Waals surface area contributed by atoms with E-state index in [9.17, 15) is 4.79 Å². The number of piperazine rings is 1. The minimum absolute atomic E-state index is 0. The highest BCUT2D eigenvalue weighted by Gasteiger charge is 2.31. The van der Waals surface area contributed by atoms with Gasteiger partial charge in [0.25, 0.3) is 5.91 Å². The average Bonchev–Trinajstić information content (AvgIpc) is 3.26. The van der Waals surface area contributed by atoms with Crippen molar-refractivity contribution in [3.63, 3.8) is 0 Å². The van der Waals surface area contributed by atoms with Crippen LogP contribution in [0, 0.1) is 6.92 Å². The standard InChI is InChI=1S/C30H31N3O2.ClH/c1-22-19-26(30(34)32-18-17-31-21-25(32)20-23-11-5-3-6-12-23)29(24-13-7-4-8-14-24)33(22)27-15-9-10-16-28(27)35-2;/h3-16,19,25,31H,17-18,20-21H2,1-2H3;1H/t25-;/m1./s1. The SMILES string of the molecule is COc1ccccc1-n1c(C)cc(C(=O)N2CCNC[C@H]2Cc2ccccc2)c1-c1ccccc1.Cl. The summed E-state index contributed by atoms with van der Waals surface area (Å²) >= 11 is 0. The molecule has 1 aromatic heterocycles. The third kappa shape index (κ3) is 5.03. The molecule has 0 spiro atoms. The number of amides is 1. The molecule has 1 aliphatic rings. The number of methoxy groups -OCH3 is 1. The van der Waals surface area contributed by atoms with Crippen molar-refractivity contribution >= 4 is 18.3 Å². The monoisotopic (exact) mass is 501 g/mol. The van der Waals surface area contributed by atoms with E-state index in [-0.39, 0.29) is 24.4 Å². The van der Waals surface area contributed by atoms with Gasteiger partial charge < -0.3 is 19.5 Å². The first kappa shape index (κ1) is 25.5. The number of para-hydroxylation sites is 2. The van der Waals surface area contributed by atoms with Crippen molar-refractivity contribution in [2.45, 2.75) is 19.4 Å². The number of benzene rings is 3. The number of ether oxygens (including phenoxy) is 1. The lowest BCUT2D eigenvalue weighted by Gasteiger charge is -2.36. The van der Waals surface area contributed by atoms with Crippen molar-refractivity contribution in [3.8, 4) is 22.7 Å². The number of nitrogens with one attached hydrogen (secondary N) is 1. The second-order valence-electron chi connectivity index (χ2n) is 8.97. The number of hydrogen-bond donors (Lipinski definition) is 1. The fraction of sp³-hybridized carbons (Fsp3) is 0.233. The van der Waals surface area contributed by atoms with Gasteiger partial charge in [-0.3, -0.25) is 4.79 Å². The summed E-state index contributed by atoms with van der Waals surface area (Å²) in [6.45, 7) is 4.32. The van der Waals surface area contributed by atoms with Gasteiger partial charge >= 0.3 is 0 Å². The molecular formula is C30H32ClN3O2. The minimum Gasteiger partial charge on any atom is -0.495 e. The Morgan fingerprint density at radius 1 is 0.972 bits per heavy atom. The Bertz CT molecular complexity index is 1300. The zero-order valence-corrected chi connectivity index (χ0v) is 21.5. The van der Waals surface area contributed by atoms with Crippen LogP contribution in [0.4, 0.5) is 0 Å². The lowest BCUT2D eigenvalue weighted by molar-refractivity contribution is 0.0637. The van der Waals surface area contributed by atoms with Gasteiger partial charge in [-0.25, -0.2) is 0 Å². The fourth-order valence-electron chi connectivity index (χ4n) is 5.06. The maximum Gasteiger partial charge on any atom is 0.256 e. The summed E-state index contributed by atoms with van der Waals surface area (Å²) in [4.78, 5) is 16.3. The van der Waals surface area contributed by atoms with E-state index in [0.717, 1.165) is 53.5 Å². The first-order valence-corrected chi connectivity index (χ1v) is 12.1. The molecule has 2 heterocycles. The molecule has 1 aliphatic heterocycles. The van der Waals surface area contributed by atoms with Gasteiger partial charge in [0.05, 0.1) is 24.1 Å². The second kappa shape index (κ2) is 11.5. The Hall–Kier alpha value is -3.54. The highest BCUT2D eigenvalue weighted by molar-refractivity contribution is 6.01. The van der Waals surface area contributed by atoms with Crippen LogP contribution in [0.25, 0.3) is 16.9 Å². The van der Waals surface area contributed by atoms with Gasteiger partial charge in [0, 0.05) is 31.4 Å². The van der Waals surface area contributed by atoms with E-state index in [0.29, 0.717) is 6.54 Å². The van der Waals surface area contributed by atoms with Crippen LogP contribution in [0.15, 0.2) is 91.0 Å². The smallest absolute Gasteiger partial charge is 0.256 e. The van der Waals surface area contributed by atoms with E-state index in [1.165, 1.54) is 5.56 Å². The summed E-state index contributed by atoms with van der Waals surface area (Å²) < 4.78 is 7.84. The van der Waals surface area contributed by atoms with Gasteiger partial charge in [0.2, 0.25) is 0 Å². The van der Waals surface area contributed by atoms with E-state index >= 15 is 0 Å². The highest BCUT2D eigenvalue weighted by atomic mass is 35.5. The Morgan fingerprint density at radius 3 is 2.36 bits per heavy atom. The van der Waals surface area contributed by atoms with Crippen LogP contribution >= 0.6 is 12.4 Å². The zero-order chi connectivity index (χ0) is 24.2. The van der Waals surface area contributed by atoms with Crippen molar-refractivity contribution in [2.75, 3.05) is 26.7 Å². The normalized spacial score (nSPS) is 15.3. The Balaban J connectivity index is 0.00000304. The number of aryl methyl sites for hydroxylation is 1. The number of carbonyl (C=O) groups excluding carboxylic acids is 1. The molecule has 1 saturated heterocycles. The number of halogens is 1. The summed E-state index contributed by atoms with van der Waals surface area (Å²) in [5, 5.41) is 3.48. The van der Waals surface area contributed by atoms with Gasteiger partial charge in [0.15, 0.2) is 0 Å². The van der Waals surface area contributed by atoms with Gasteiger partial charge in [-0.1, -0.05) is 72.8 Å². The summed E-state index contributed by atoms with van der Waals surface area (Å²) in [7, 11) is 1.68. The summed E-state index contributed by atoms with van der Waals surface area (Å²) in [6.07, 6.45) is 0.826. The lowest BCUT2D eigenvalue weighted by Crippen LogP contribution is -2.54. The number of carbonyl (C=O) groups is 1. The molecule has 36 heavy (non-hydrogen) atoms. The third-order valence-electron chi connectivity index (χ3n) is 6.71. The van der Waals surface area contributed by atoms with Gasteiger partial charge in [-0.05, 0) is 42.7 Å². The van der Waals surface area contributed by atoms with Crippen LogP contribution in [0.5, 0.6) is 5.75 Å². The predicted molar refractivity (Wildman–Crippen MR) is 148 cm³/mol.